The van der Waals surface area contributed by atoms with E-state index in [1.807, 2.05) is 0 Å². The van der Waals surface area contributed by atoms with Gasteiger partial charge in [0.1, 0.15) is 10.5 Å². The standard InChI is InChI=1S/C10H5Cl4NO3/c1-2-17-10(16)9-15-7-5(13)3(11)4(12)6(14)8(7)18-9/h2H2,1H3. The Labute approximate surface area is 122 Å². The Kier molecular flexibility index (Phi) is 3.92. The number of esters is 1. The van der Waals surface area contributed by atoms with Crippen molar-refractivity contribution >= 4 is 63.5 Å². The number of fused-ring (bicyclic) bond motifs is 1. The van der Waals surface area contributed by atoms with Gasteiger partial charge in [0.15, 0.2) is 5.58 Å². The molecule has 0 radical (unpaired) electrons. The SMILES string of the molecule is CCOC(=O)c1nc2c(Cl)c(Cl)c(Cl)c(Cl)c2o1. The Morgan fingerprint density at radius 2 is 1.78 bits per heavy atom. The summed E-state index contributed by atoms with van der Waals surface area (Å²) < 4.78 is 9.94. The molecule has 0 spiro atoms. The molecular formula is C10H5Cl4NO3. The second-order valence-corrected chi connectivity index (χ2v) is 4.69. The summed E-state index contributed by atoms with van der Waals surface area (Å²) in [6.45, 7) is 1.86. The minimum Gasteiger partial charge on any atom is -0.459 e. The van der Waals surface area contributed by atoms with Crippen LogP contribution in [-0.4, -0.2) is 17.6 Å². The first-order chi connectivity index (χ1) is 8.47. The molecule has 2 aromatic rings. The van der Waals surface area contributed by atoms with Crippen LogP contribution < -0.4 is 0 Å². The van der Waals surface area contributed by atoms with Crippen LogP contribution in [0.1, 0.15) is 17.6 Å². The average Bonchev–Trinajstić information content (AvgIpc) is 2.79. The molecule has 1 aromatic heterocycles. The predicted molar refractivity (Wildman–Crippen MR) is 70.0 cm³/mol. The molecular weight excluding hydrogens is 324 g/mol. The smallest absolute Gasteiger partial charge is 0.394 e. The number of carbonyl (C=O) groups is 1. The van der Waals surface area contributed by atoms with Crippen LogP contribution in [0.3, 0.4) is 0 Å². The zero-order valence-corrected chi connectivity index (χ0v) is 11.9. The van der Waals surface area contributed by atoms with Crippen molar-refractivity contribution in [3.8, 4) is 0 Å². The van der Waals surface area contributed by atoms with Gasteiger partial charge in [0.25, 0.3) is 0 Å². The van der Waals surface area contributed by atoms with Crippen molar-refractivity contribution in [2.75, 3.05) is 6.61 Å². The van der Waals surface area contributed by atoms with Gasteiger partial charge < -0.3 is 9.15 Å². The number of hydrogen-bond acceptors (Lipinski definition) is 4. The number of nitrogens with zero attached hydrogens (tertiary/aromatic N) is 1. The zero-order valence-electron chi connectivity index (χ0n) is 8.89. The van der Waals surface area contributed by atoms with Crippen LogP contribution in [0.4, 0.5) is 0 Å². The number of halogens is 4. The van der Waals surface area contributed by atoms with Gasteiger partial charge in [-0.05, 0) is 6.92 Å². The number of hydrogen-bond donors (Lipinski definition) is 0. The maximum atomic E-state index is 11.5. The van der Waals surface area contributed by atoms with Crippen LogP contribution in [0.5, 0.6) is 0 Å². The summed E-state index contributed by atoms with van der Waals surface area (Å²) in [6.07, 6.45) is 0. The van der Waals surface area contributed by atoms with Crippen molar-refractivity contribution in [1.29, 1.82) is 0 Å². The molecule has 1 aromatic carbocycles. The Hall–Kier alpha value is -0.680. The van der Waals surface area contributed by atoms with E-state index >= 15 is 0 Å². The van der Waals surface area contributed by atoms with Crippen molar-refractivity contribution in [2.24, 2.45) is 0 Å². The molecule has 0 aliphatic carbocycles. The van der Waals surface area contributed by atoms with E-state index in [1.54, 1.807) is 6.92 Å². The molecule has 0 fully saturated rings. The summed E-state index contributed by atoms with van der Waals surface area (Å²) in [6, 6.07) is 0. The fourth-order valence-corrected chi connectivity index (χ4v) is 2.20. The summed E-state index contributed by atoms with van der Waals surface area (Å²) in [5, 5.41) is 0.214. The van der Waals surface area contributed by atoms with Crippen molar-refractivity contribution in [1.82, 2.24) is 4.98 Å². The van der Waals surface area contributed by atoms with Crippen LogP contribution in [0.25, 0.3) is 11.1 Å². The first kappa shape index (κ1) is 13.7. The van der Waals surface area contributed by atoms with E-state index in [4.69, 9.17) is 55.6 Å². The lowest BCUT2D eigenvalue weighted by Crippen LogP contribution is -2.04. The number of aromatic nitrogens is 1. The molecule has 0 N–H and O–H groups in total. The van der Waals surface area contributed by atoms with Gasteiger partial charge in [-0.15, -0.1) is 0 Å². The Balaban J connectivity index is 2.68. The summed E-state index contributed by atoms with van der Waals surface area (Å²) >= 11 is 23.6. The van der Waals surface area contributed by atoms with Gasteiger partial charge in [-0.1, -0.05) is 46.4 Å². The van der Waals surface area contributed by atoms with E-state index in [2.05, 4.69) is 4.98 Å². The molecule has 4 nitrogen and oxygen atoms in total. The van der Waals surface area contributed by atoms with Crippen molar-refractivity contribution in [2.45, 2.75) is 6.92 Å². The summed E-state index contributed by atoms with van der Waals surface area (Å²) in [5.41, 5.74) is 0.262. The predicted octanol–water partition coefficient (Wildman–Crippen LogP) is 4.62. The highest BCUT2D eigenvalue weighted by Crippen LogP contribution is 2.42. The van der Waals surface area contributed by atoms with E-state index in [1.165, 1.54) is 0 Å². The highest BCUT2D eigenvalue weighted by Gasteiger charge is 2.23. The third-order valence-electron chi connectivity index (χ3n) is 2.06. The molecule has 8 heteroatoms. The molecule has 96 valence electrons. The quantitative estimate of drug-likeness (QED) is 0.458. The van der Waals surface area contributed by atoms with Crippen molar-refractivity contribution < 1.29 is 13.9 Å². The molecule has 0 amide bonds. The number of ether oxygens (including phenoxy) is 1. The first-order valence-electron chi connectivity index (χ1n) is 4.77. The van der Waals surface area contributed by atoms with Gasteiger partial charge in [0.2, 0.25) is 0 Å². The molecule has 0 aliphatic rings. The first-order valence-corrected chi connectivity index (χ1v) is 6.28. The Morgan fingerprint density at radius 3 is 2.39 bits per heavy atom. The van der Waals surface area contributed by atoms with Crippen LogP contribution in [0.2, 0.25) is 20.1 Å². The second-order valence-electron chi connectivity index (χ2n) is 3.17. The van der Waals surface area contributed by atoms with Crippen LogP contribution in [-0.2, 0) is 4.74 Å². The van der Waals surface area contributed by atoms with Gasteiger partial charge in [-0.25, -0.2) is 9.78 Å². The number of benzene rings is 1. The molecule has 2 rings (SSSR count). The molecule has 0 atom stereocenters. The van der Waals surface area contributed by atoms with Crippen LogP contribution in [0.15, 0.2) is 4.42 Å². The van der Waals surface area contributed by atoms with Gasteiger partial charge in [0, 0.05) is 0 Å². The molecule has 0 saturated carbocycles. The minimum absolute atomic E-state index is 0.0439. The third kappa shape index (κ3) is 2.14. The summed E-state index contributed by atoms with van der Waals surface area (Å²) in [4.78, 5) is 15.4. The Morgan fingerprint density at radius 1 is 1.17 bits per heavy atom. The molecule has 18 heavy (non-hydrogen) atoms. The largest absolute Gasteiger partial charge is 0.459 e. The van der Waals surface area contributed by atoms with Crippen LogP contribution in [0, 0.1) is 0 Å². The van der Waals surface area contributed by atoms with E-state index < -0.39 is 5.97 Å². The second kappa shape index (κ2) is 5.13. The zero-order chi connectivity index (χ0) is 13.4. The average molecular weight is 329 g/mol. The monoisotopic (exact) mass is 327 g/mol. The number of carbonyl (C=O) groups excluding carboxylic acids is 1. The normalized spacial score (nSPS) is 10.9. The molecule has 0 bridgehead atoms. The van der Waals surface area contributed by atoms with Gasteiger partial charge in [0.05, 0.1) is 21.7 Å². The van der Waals surface area contributed by atoms with Crippen molar-refractivity contribution in [3.63, 3.8) is 0 Å². The lowest BCUT2D eigenvalue weighted by Gasteiger charge is -2.01. The lowest BCUT2D eigenvalue weighted by molar-refractivity contribution is 0.0483. The summed E-state index contributed by atoms with van der Waals surface area (Å²) in [5.74, 6) is -0.970. The van der Waals surface area contributed by atoms with E-state index in [0.29, 0.717) is 0 Å². The van der Waals surface area contributed by atoms with E-state index in [9.17, 15) is 4.79 Å². The lowest BCUT2D eigenvalue weighted by atomic mass is 10.3. The van der Waals surface area contributed by atoms with E-state index in [0.717, 1.165) is 0 Å². The number of oxazole rings is 1. The molecule has 0 aliphatic heterocycles. The topological polar surface area (TPSA) is 52.3 Å². The molecule has 1 heterocycles. The Bertz CT molecular complexity index is 593. The van der Waals surface area contributed by atoms with Crippen LogP contribution >= 0.6 is 46.4 Å². The van der Waals surface area contributed by atoms with E-state index in [-0.39, 0.29) is 43.7 Å². The fourth-order valence-electron chi connectivity index (χ4n) is 1.29. The van der Waals surface area contributed by atoms with Gasteiger partial charge in [-0.2, -0.15) is 0 Å². The summed E-state index contributed by atoms with van der Waals surface area (Å²) in [7, 11) is 0. The highest BCUT2D eigenvalue weighted by molar-refractivity contribution is 6.54. The molecule has 0 unspecified atom stereocenters. The molecule has 0 saturated heterocycles. The fraction of sp³-hybridized carbons (Fsp3) is 0.200. The van der Waals surface area contributed by atoms with Gasteiger partial charge in [-0.3, -0.25) is 0 Å². The maximum Gasteiger partial charge on any atom is 0.394 e. The third-order valence-corrected chi connectivity index (χ3v) is 3.84. The highest BCUT2D eigenvalue weighted by atomic mass is 35.5. The van der Waals surface area contributed by atoms with Crippen molar-refractivity contribution in [3.05, 3.63) is 26.0 Å². The number of rotatable bonds is 2. The van der Waals surface area contributed by atoms with Gasteiger partial charge >= 0.3 is 11.9 Å². The maximum absolute atomic E-state index is 11.5. The minimum atomic E-state index is -0.715.